The Morgan fingerprint density at radius 2 is 1.62 bits per heavy atom. The molecule has 0 aromatic rings. The van der Waals surface area contributed by atoms with Crippen LogP contribution in [0.5, 0.6) is 0 Å². The number of halogens is 2. The Morgan fingerprint density at radius 3 is 1.88 bits per heavy atom. The van der Waals surface area contributed by atoms with Gasteiger partial charge in [-0.15, -0.1) is 0 Å². The van der Waals surface area contributed by atoms with Gasteiger partial charge in [-0.05, 0) is 0 Å². The highest BCUT2D eigenvalue weighted by Gasteiger charge is 1.93. The summed E-state index contributed by atoms with van der Waals surface area (Å²) < 4.78 is 19.3. The summed E-state index contributed by atoms with van der Waals surface area (Å²) in [5.41, 5.74) is 0.496. The summed E-state index contributed by atoms with van der Waals surface area (Å²) in [4.78, 5) is 0. The lowest BCUT2D eigenvalue weighted by Crippen LogP contribution is -1.77. The van der Waals surface area contributed by atoms with Crippen molar-refractivity contribution in [1.82, 2.24) is 0 Å². The van der Waals surface area contributed by atoms with Crippen LogP contribution in [-0.4, -0.2) is 11.0 Å². The Morgan fingerprint density at radius 1 is 1.25 bits per heavy atom. The molecule has 3 nitrogen and oxygen atoms in total. The minimum Gasteiger partial charge on any atom is -0.299 e. The van der Waals surface area contributed by atoms with Gasteiger partial charge in [0, 0.05) is 0 Å². The van der Waals surface area contributed by atoms with Gasteiger partial charge in [0.25, 0.3) is 0 Å². The minimum atomic E-state index is -2.24. The second kappa shape index (κ2) is 6.23. The maximum atomic E-state index is 10.3. The number of alkyl halides is 2. The van der Waals surface area contributed by atoms with Gasteiger partial charge in [0.15, 0.2) is 0 Å². The largest absolute Gasteiger partial charge is 0.320 e. The molecule has 0 N–H and O–H groups in total. The first-order valence-electron chi connectivity index (χ1n) is 1.72. The zero-order chi connectivity index (χ0) is 6.41. The van der Waals surface area contributed by atoms with Gasteiger partial charge in [-0.2, -0.15) is 0 Å². The Labute approximate surface area is 64.9 Å². The molecule has 0 atom stereocenters. The van der Waals surface area contributed by atoms with E-state index in [0.29, 0.717) is 0 Å². The minimum absolute atomic E-state index is 0.248. The maximum Gasteiger partial charge on any atom is 0.320 e. The third-order valence-electron chi connectivity index (χ3n) is 0.345. The van der Waals surface area contributed by atoms with Crippen molar-refractivity contribution in [1.29, 1.82) is 0 Å². The van der Waals surface area contributed by atoms with Crippen molar-refractivity contribution < 1.29 is 13.6 Å². The van der Waals surface area contributed by atoms with E-state index < -0.39 is 8.25 Å². The first-order chi connectivity index (χ1) is 3.81. The topological polar surface area (TPSA) is 35.5 Å². The number of hydrogen-bond acceptors (Lipinski definition) is 3. The van der Waals surface area contributed by atoms with E-state index in [1.54, 1.807) is 0 Å². The molecule has 0 saturated heterocycles. The number of rotatable bonds is 4. The summed E-state index contributed by atoms with van der Waals surface area (Å²) in [6, 6.07) is 0. The Balaban J connectivity index is 3.06. The average Bonchev–Trinajstić information content (AvgIpc) is 1.68. The van der Waals surface area contributed by atoms with E-state index in [9.17, 15) is 4.57 Å². The van der Waals surface area contributed by atoms with Crippen LogP contribution >= 0.6 is 40.1 Å². The summed E-state index contributed by atoms with van der Waals surface area (Å²) in [7, 11) is -2.24. The fraction of sp³-hybridized carbons (Fsp3) is 1.00. The molecule has 0 fully saturated rings. The predicted octanol–water partition coefficient (Wildman–Crippen LogP) is 2.11. The van der Waals surface area contributed by atoms with Gasteiger partial charge in [-0.3, -0.25) is 13.6 Å². The van der Waals surface area contributed by atoms with Gasteiger partial charge in [0.05, 0.1) is 0 Å². The summed E-state index contributed by atoms with van der Waals surface area (Å²) in [6.07, 6.45) is 0. The van der Waals surface area contributed by atoms with E-state index in [1.807, 2.05) is 0 Å². The van der Waals surface area contributed by atoms with Crippen molar-refractivity contribution in [3.05, 3.63) is 0 Å². The van der Waals surface area contributed by atoms with Crippen LogP contribution in [0.1, 0.15) is 0 Å². The zero-order valence-electron chi connectivity index (χ0n) is 3.89. The van der Waals surface area contributed by atoms with Crippen LogP contribution in [0.15, 0.2) is 0 Å². The summed E-state index contributed by atoms with van der Waals surface area (Å²) in [5.74, 6) is 0. The van der Waals surface area contributed by atoms with Gasteiger partial charge in [-0.1, -0.05) is 31.9 Å². The van der Waals surface area contributed by atoms with Gasteiger partial charge in [0.2, 0.25) is 0 Å². The summed E-state index contributed by atoms with van der Waals surface area (Å²) in [6.45, 7) is 0. The molecule has 0 spiro atoms. The molecule has 0 aromatic carbocycles. The Bertz CT molecular complexity index is 69.7. The monoisotopic (exact) mass is 266 g/mol. The maximum absolute atomic E-state index is 10.3. The first kappa shape index (κ1) is 9.11. The van der Waals surface area contributed by atoms with Crippen LogP contribution in [0.25, 0.3) is 0 Å². The van der Waals surface area contributed by atoms with Crippen molar-refractivity contribution in [3.8, 4) is 0 Å². The quantitative estimate of drug-likeness (QED) is 0.578. The normalized spacial score (nSPS) is 10.4. The molecular weight excluding hydrogens is 263 g/mol. The standard InChI is InChI=1S/C2H5Br2O3P/c3-1-6-8(5)7-2-4/h8H,1-2H2. The van der Waals surface area contributed by atoms with E-state index in [2.05, 4.69) is 40.9 Å². The fourth-order valence-corrected chi connectivity index (χ4v) is 1.51. The van der Waals surface area contributed by atoms with E-state index in [1.165, 1.54) is 0 Å². The Hall–Kier alpha value is 1.11. The second-order valence-electron chi connectivity index (χ2n) is 0.757. The highest BCUT2D eigenvalue weighted by atomic mass is 79.9. The smallest absolute Gasteiger partial charge is 0.299 e. The van der Waals surface area contributed by atoms with Crippen LogP contribution in [0.3, 0.4) is 0 Å². The lowest BCUT2D eigenvalue weighted by Gasteiger charge is -1.96. The summed E-state index contributed by atoms with van der Waals surface area (Å²) in [5, 5.41) is 0. The van der Waals surface area contributed by atoms with Gasteiger partial charge < -0.3 is 0 Å². The van der Waals surface area contributed by atoms with Gasteiger partial charge >= 0.3 is 8.25 Å². The molecule has 0 amide bonds. The fourth-order valence-electron chi connectivity index (χ4n) is 0.131. The molecule has 8 heavy (non-hydrogen) atoms. The van der Waals surface area contributed by atoms with Crippen molar-refractivity contribution in [3.63, 3.8) is 0 Å². The third kappa shape index (κ3) is 5.25. The first-order valence-corrected chi connectivity index (χ1v) is 5.19. The molecule has 0 bridgehead atoms. The molecular formula is C2H5Br2O3P. The second-order valence-corrected chi connectivity index (χ2v) is 2.75. The van der Waals surface area contributed by atoms with E-state index >= 15 is 0 Å². The lowest BCUT2D eigenvalue weighted by atomic mass is 11.8. The SMILES string of the molecule is O=[PH](OCBr)OCBr. The van der Waals surface area contributed by atoms with Crippen LogP contribution in [0.2, 0.25) is 0 Å². The number of hydrogen-bond donors (Lipinski definition) is 0. The molecule has 0 heterocycles. The zero-order valence-corrected chi connectivity index (χ0v) is 8.07. The molecule has 0 aliphatic carbocycles. The van der Waals surface area contributed by atoms with Crippen molar-refractivity contribution in [2.45, 2.75) is 0 Å². The highest BCUT2D eigenvalue weighted by Crippen LogP contribution is 2.24. The molecule has 0 aliphatic heterocycles. The molecule has 0 aliphatic rings. The van der Waals surface area contributed by atoms with E-state index in [4.69, 9.17) is 0 Å². The van der Waals surface area contributed by atoms with Crippen LogP contribution in [0.4, 0.5) is 0 Å². The predicted molar refractivity (Wildman–Crippen MR) is 38.8 cm³/mol. The molecule has 6 heteroatoms. The van der Waals surface area contributed by atoms with E-state index in [-0.39, 0.29) is 11.0 Å². The average molecular weight is 268 g/mol. The highest BCUT2D eigenvalue weighted by molar-refractivity contribution is 9.09. The molecule has 0 radical (unpaired) electrons. The van der Waals surface area contributed by atoms with Crippen molar-refractivity contribution in [2.75, 3.05) is 11.0 Å². The molecule has 0 unspecified atom stereocenters. The molecule has 0 aromatic heterocycles. The van der Waals surface area contributed by atoms with E-state index in [0.717, 1.165) is 0 Å². The molecule has 0 saturated carbocycles. The Kier molecular flexibility index (Phi) is 7.10. The van der Waals surface area contributed by atoms with Crippen molar-refractivity contribution in [2.24, 2.45) is 0 Å². The van der Waals surface area contributed by atoms with Crippen LogP contribution in [-0.2, 0) is 13.6 Å². The molecule has 0 rings (SSSR count). The lowest BCUT2D eigenvalue weighted by molar-refractivity contribution is 0.289. The molecule has 50 valence electrons. The van der Waals surface area contributed by atoms with Crippen LogP contribution < -0.4 is 0 Å². The van der Waals surface area contributed by atoms with Crippen molar-refractivity contribution >= 4 is 40.1 Å². The third-order valence-corrected chi connectivity index (χ3v) is 2.41. The van der Waals surface area contributed by atoms with Gasteiger partial charge in [-0.25, -0.2) is 0 Å². The summed E-state index contributed by atoms with van der Waals surface area (Å²) >= 11 is 5.86. The van der Waals surface area contributed by atoms with Crippen LogP contribution in [0, 0.1) is 0 Å². The van der Waals surface area contributed by atoms with Gasteiger partial charge in [0.1, 0.15) is 11.0 Å².